The van der Waals surface area contributed by atoms with Crippen molar-refractivity contribution < 1.29 is 9.21 Å². The lowest BCUT2D eigenvalue weighted by molar-refractivity contribution is 0.102. The van der Waals surface area contributed by atoms with E-state index in [4.69, 9.17) is 27.6 Å². The number of halogens is 2. The number of rotatable bonds is 3. The predicted molar refractivity (Wildman–Crippen MR) is 108 cm³/mol. The molecule has 0 spiro atoms. The van der Waals surface area contributed by atoms with Gasteiger partial charge in [-0.2, -0.15) is 0 Å². The molecule has 1 N–H and O–H groups in total. The van der Waals surface area contributed by atoms with Crippen LogP contribution < -0.4 is 10.9 Å². The van der Waals surface area contributed by atoms with Gasteiger partial charge in [-0.3, -0.25) is 10.1 Å². The number of para-hydroxylation sites is 1. The Kier molecular flexibility index (Phi) is 4.94. The first-order chi connectivity index (χ1) is 13.1. The second kappa shape index (κ2) is 7.52. The van der Waals surface area contributed by atoms with E-state index in [9.17, 15) is 4.79 Å². The van der Waals surface area contributed by atoms with Crippen LogP contribution in [0.2, 0.25) is 10.0 Å². The number of nitrogens with one attached hydrogen (secondary N) is 1. The van der Waals surface area contributed by atoms with Gasteiger partial charge in [0.15, 0.2) is 5.13 Å². The molecule has 8 heteroatoms. The Hall–Kier alpha value is -2.67. The molecule has 134 valence electrons. The first-order valence-corrected chi connectivity index (χ1v) is 9.47. The van der Waals surface area contributed by atoms with E-state index >= 15 is 0 Å². The molecular weight excluding hydrogens is 405 g/mol. The quantitative estimate of drug-likeness (QED) is 0.467. The lowest BCUT2D eigenvalue weighted by Gasteiger charge is -2.06. The van der Waals surface area contributed by atoms with Gasteiger partial charge in [-0.1, -0.05) is 35.3 Å². The van der Waals surface area contributed by atoms with Crippen LogP contribution in [-0.2, 0) is 0 Å². The van der Waals surface area contributed by atoms with Crippen LogP contribution in [0.3, 0.4) is 0 Å². The van der Waals surface area contributed by atoms with Crippen LogP contribution in [0.5, 0.6) is 0 Å². The van der Waals surface area contributed by atoms with E-state index in [1.807, 2.05) is 0 Å². The number of thiazole rings is 1. The van der Waals surface area contributed by atoms with Crippen molar-refractivity contribution in [2.75, 3.05) is 5.32 Å². The highest BCUT2D eigenvalue weighted by Crippen LogP contribution is 2.24. The molecule has 0 aliphatic heterocycles. The van der Waals surface area contributed by atoms with Gasteiger partial charge in [0.25, 0.3) is 5.91 Å². The average molecular weight is 416 g/mol. The molecule has 0 saturated heterocycles. The molecule has 0 aliphatic carbocycles. The van der Waals surface area contributed by atoms with Gasteiger partial charge >= 0.3 is 0 Å². The summed E-state index contributed by atoms with van der Waals surface area (Å²) in [5, 5.41) is 6.68. The molecule has 2 heterocycles. The molecule has 0 fully saturated rings. The Morgan fingerprint density at radius 1 is 1.15 bits per heavy atom. The van der Waals surface area contributed by atoms with E-state index < -0.39 is 0 Å². The zero-order valence-electron chi connectivity index (χ0n) is 13.6. The van der Waals surface area contributed by atoms with E-state index in [2.05, 4.69) is 15.3 Å². The summed E-state index contributed by atoms with van der Waals surface area (Å²) in [5.74, 6) is -0.388. The lowest BCUT2D eigenvalue weighted by atomic mass is 10.1. The number of amides is 1. The van der Waals surface area contributed by atoms with Crippen molar-refractivity contribution in [3.05, 3.63) is 81.3 Å². The molecule has 0 saturated carbocycles. The summed E-state index contributed by atoms with van der Waals surface area (Å²) < 4.78 is 5.89. The van der Waals surface area contributed by atoms with Gasteiger partial charge < -0.3 is 4.42 Å². The van der Waals surface area contributed by atoms with Crippen molar-refractivity contribution in [2.45, 2.75) is 0 Å². The molecule has 2 aromatic heterocycles. The second-order valence-electron chi connectivity index (χ2n) is 5.50. The Bertz CT molecular complexity index is 1200. The summed E-state index contributed by atoms with van der Waals surface area (Å²) in [4.78, 5) is 21.3. The second-order valence-corrected chi connectivity index (χ2v) is 7.24. The minimum absolute atomic E-state index is 0.145. The number of aromatic nitrogens is 1. The van der Waals surface area contributed by atoms with Gasteiger partial charge in [0.05, 0.1) is 10.7 Å². The van der Waals surface area contributed by atoms with Crippen molar-refractivity contribution in [1.29, 1.82) is 0 Å². The number of benzene rings is 2. The molecule has 0 bridgehead atoms. The summed E-state index contributed by atoms with van der Waals surface area (Å²) >= 11 is 13.6. The Morgan fingerprint density at radius 2 is 2.00 bits per heavy atom. The van der Waals surface area contributed by atoms with Crippen LogP contribution in [0.25, 0.3) is 11.0 Å². The molecule has 4 aromatic rings. The van der Waals surface area contributed by atoms with E-state index in [1.165, 1.54) is 11.3 Å². The van der Waals surface area contributed by atoms with E-state index in [1.54, 1.807) is 60.1 Å². The van der Waals surface area contributed by atoms with Crippen molar-refractivity contribution >= 4 is 62.2 Å². The minimum atomic E-state index is -0.388. The summed E-state index contributed by atoms with van der Waals surface area (Å²) in [6, 6.07) is 13.9. The van der Waals surface area contributed by atoms with Crippen molar-refractivity contribution in [1.82, 2.24) is 4.98 Å². The maximum Gasteiger partial charge on any atom is 0.262 e. The van der Waals surface area contributed by atoms with E-state index in [0.717, 1.165) is 0 Å². The standard InChI is InChI=1S/C19H11Cl2N3O2S/c20-12-5-6-16-11(9-12)10-13(17(25)24-19-22-7-8-27-19)18(26-16)23-15-4-2-1-3-14(15)21/h1-10H,(H,22,24,25). The average Bonchev–Trinajstić information content (AvgIpc) is 3.16. The predicted octanol–water partition coefficient (Wildman–Crippen LogP) is 5.68. The molecule has 0 aliphatic rings. The summed E-state index contributed by atoms with van der Waals surface area (Å²) in [5.41, 5.74) is 1.45. The molecule has 0 unspecified atom stereocenters. The van der Waals surface area contributed by atoms with Crippen LogP contribution in [0.4, 0.5) is 10.8 Å². The topological polar surface area (TPSA) is 67.5 Å². The number of nitrogens with zero attached hydrogens (tertiary/aromatic N) is 2. The number of carbonyl (C=O) groups excluding carboxylic acids is 1. The van der Waals surface area contributed by atoms with Gasteiger partial charge in [-0.05, 0) is 36.4 Å². The lowest BCUT2D eigenvalue weighted by Crippen LogP contribution is -2.21. The Morgan fingerprint density at radius 3 is 2.78 bits per heavy atom. The molecule has 1 amide bonds. The van der Waals surface area contributed by atoms with Crippen LogP contribution in [-0.4, -0.2) is 10.9 Å². The van der Waals surface area contributed by atoms with Gasteiger partial charge in [0.1, 0.15) is 11.1 Å². The third kappa shape index (κ3) is 3.88. The van der Waals surface area contributed by atoms with Crippen LogP contribution in [0.1, 0.15) is 10.4 Å². The fourth-order valence-electron chi connectivity index (χ4n) is 2.45. The third-order valence-corrected chi connectivity index (χ3v) is 4.92. The highest BCUT2D eigenvalue weighted by Gasteiger charge is 2.14. The number of hydrogen-bond acceptors (Lipinski definition) is 5. The first kappa shape index (κ1) is 17.7. The fourth-order valence-corrected chi connectivity index (χ4v) is 3.33. The minimum Gasteiger partial charge on any atom is -0.438 e. The zero-order chi connectivity index (χ0) is 18.8. The number of anilines is 1. The highest BCUT2D eigenvalue weighted by molar-refractivity contribution is 7.13. The first-order valence-electron chi connectivity index (χ1n) is 7.84. The molecular formula is C19H11Cl2N3O2S. The monoisotopic (exact) mass is 415 g/mol. The van der Waals surface area contributed by atoms with E-state index in [0.29, 0.717) is 31.8 Å². The third-order valence-electron chi connectivity index (χ3n) is 3.68. The summed E-state index contributed by atoms with van der Waals surface area (Å²) in [6.45, 7) is 0. The molecule has 0 atom stereocenters. The molecule has 2 aromatic carbocycles. The molecule has 5 nitrogen and oxygen atoms in total. The maximum absolute atomic E-state index is 12.8. The van der Waals surface area contributed by atoms with Crippen molar-refractivity contribution in [2.24, 2.45) is 4.99 Å². The normalized spacial score (nSPS) is 11.7. The van der Waals surface area contributed by atoms with Gasteiger partial charge in [-0.25, -0.2) is 9.98 Å². The molecule has 27 heavy (non-hydrogen) atoms. The summed E-state index contributed by atoms with van der Waals surface area (Å²) in [7, 11) is 0. The smallest absolute Gasteiger partial charge is 0.262 e. The Labute approximate surface area is 167 Å². The SMILES string of the molecule is O=C(Nc1nccs1)c1cc2cc(Cl)ccc2oc1=Nc1ccccc1Cl. The molecule has 4 rings (SSSR count). The fraction of sp³-hybridized carbons (Fsp3) is 0. The van der Waals surface area contributed by atoms with Crippen molar-refractivity contribution in [3.63, 3.8) is 0 Å². The van der Waals surface area contributed by atoms with Crippen molar-refractivity contribution in [3.8, 4) is 0 Å². The van der Waals surface area contributed by atoms with Crippen LogP contribution >= 0.6 is 34.5 Å². The Balaban J connectivity index is 1.91. The zero-order valence-corrected chi connectivity index (χ0v) is 16.0. The summed E-state index contributed by atoms with van der Waals surface area (Å²) in [6.07, 6.45) is 1.61. The molecule has 0 radical (unpaired) electrons. The van der Waals surface area contributed by atoms with Gasteiger partial charge in [0.2, 0.25) is 5.55 Å². The number of carbonyl (C=O) groups is 1. The van der Waals surface area contributed by atoms with Crippen LogP contribution in [0.15, 0.2) is 69.5 Å². The van der Waals surface area contributed by atoms with E-state index in [-0.39, 0.29) is 17.0 Å². The van der Waals surface area contributed by atoms with Gasteiger partial charge in [0, 0.05) is 22.0 Å². The number of fused-ring (bicyclic) bond motifs is 1. The number of hydrogen-bond donors (Lipinski definition) is 1. The van der Waals surface area contributed by atoms with Gasteiger partial charge in [-0.15, -0.1) is 11.3 Å². The largest absolute Gasteiger partial charge is 0.438 e. The van der Waals surface area contributed by atoms with Crippen LogP contribution in [0, 0.1) is 0 Å². The maximum atomic E-state index is 12.8. The highest BCUT2D eigenvalue weighted by atomic mass is 35.5.